The summed E-state index contributed by atoms with van der Waals surface area (Å²) < 4.78 is 2.11. The average Bonchev–Trinajstić information content (AvgIpc) is 2.97. The predicted molar refractivity (Wildman–Crippen MR) is 89.2 cm³/mol. The molecule has 0 unspecified atom stereocenters. The Morgan fingerprint density at radius 1 is 1.00 bits per heavy atom. The van der Waals surface area contributed by atoms with Gasteiger partial charge in [0.1, 0.15) is 11.6 Å². The Bertz CT molecular complexity index is 743. The van der Waals surface area contributed by atoms with Crippen LogP contribution in [-0.2, 0) is 6.54 Å². The molecule has 112 valence electrons. The summed E-state index contributed by atoms with van der Waals surface area (Å²) in [6, 6.07) is 15.6. The summed E-state index contributed by atoms with van der Waals surface area (Å²) in [6.07, 6.45) is 3.78. The molecule has 0 aliphatic heterocycles. The van der Waals surface area contributed by atoms with Gasteiger partial charge in [0.15, 0.2) is 0 Å². The van der Waals surface area contributed by atoms with E-state index in [0.29, 0.717) is 0 Å². The molecule has 0 aliphatic carbocycles. The van der Waals surface area contributed by atoms with Gasteiger partial charge in [0.05, 0.1) is 0 Å². The van der Waals surface area contributed by atoms with Gasteiger partial charge in [-0.15, -0.1) is 0 Å². The highest BCUT2D eigenvalue weighted by Gasteiger charge is 2.07. The van der Waals surface area contributed by atoms with Crippen LogP contribution in [0.4, 0.5) is 5.69 Å². The highest BCUT2D eigenvalue weighted by Crippen LogP contribution is 2.21. The Morgan fingerprint density at radius 2 is 1.68 bits per heavy atom. The molecule has 4 nitrogen and oxygen atoms in total. The highest BCUT2D eigenvalue weighted by molar-refractivity contribution is 5.57. The summed E-state index contributed by atoms with van der Waals surface area (Å²) in [6.45, 7) is 0.768. The summed E-state index contributed by atoms with van der Waals surface area (Å²) in [4.78, 5) is 6.52. The van der Waals surface area contributed by atoms with Crippen LogP contribution >= 0.6 is 0 Å². The number of aromatic nitrogens is 2. The lowest BCUT2D eigenvalue weighted by molar-refractivity contribution is 0.475. The quantitative estimate of drug-likeness (QED) is 0.802. The Balaban J connectivity index is 1.84. The van der Waals surface area contributed by atoms with Crippen LogP contribution in [0.5, 0.6) is 5.75 Å². The average molecular weight is 293 g/mol. The van der Waals surface area contributed by atoms with Crippen molar-refractivity contribution in [3.63, 3.8) is 0 Å². The first-order valence-corrected chi connectivity index (χ1v) is 7.20. The molecular weight excluding hydrogens is 274 g/mol. The number of imidazole rings is 1. The molecule has 0 fully saturated rings. The van der Waals surface area contributed by atoms with Gasteiger partial charge in [0, 0.05) is 44.3 Å². The number of hydrogen-bond donors (Lipinski definition) is 1. The van der Waals surface area contributed by atoms with E-state index in [4.69, 9.17) is 0 Å². The van der Waals surface area contributed by atoms with E-state index >= 15 is 0 Å². The molecule has 0 radical (unpaired) electrons. The summed E-state index contributed by atoms with van der Waals surface area (Å²) in [5.41, 5.74) is 3.41. The predicted octanol–water partition coefficient (Wildman–Crippen LogP) is 3.37. The summed E-state index contributed by atoms with van der Waals surface area (Å²) in [7, 11) is 4.07. The number of phenols is 1. The monoisotopic (exact) mass is 293 g/mol. The van der Waals surface area contributed by atoms with Crippen molar-refractivity contribution in [2.75, 3.05) is 19.0 Å². The second-order valence-electron chi connectivity index (χ2n) is 5.49. The number of phenolic OH excluding ortho intramolecular Hbond substituents is 1. The first kappa shape index (κ1) is 14.2. The molecule has 0 saturated carbocycles. The summed E-state index contributed by atoms with van der Waals surface area (Å²) in [5, 5.41) is 9.40. The Morgan fingerprint density at radius 3 is 2.32 bits per heavy atom. The van der Waals surface area contributed by atoms with E-state index < -0.39 is 0 Å². The number of aromatic hydroxyl groups is 1. The molecular formula is C18H19N3O. The topological polar surface area (TPSA) is 41.3 Å². The van der Waals surface area contributed by atoms with Crippen molar-refractivity contribution in [3.8, 4) is 17.1 Å². The minimum atomic E-state index is 0.265. The van der Waals surface area contributed by atoms with Crippen molar-refractivity contribution in [1.29, 1.82) is 0 Å². The van der Waals surface area contributed by atoms with Gasteiger partial charge >= 0.3 is 0 Å². The molecule has 0 bridgehead atoms. The van der Waals surface area contributed by atoms with Gasteiger partial charge in [-0.05, 0) is 42.0 Å². The van der Waals surface area contributed by atoms with Gasteiger partial charge in [0.25, 0.3) is 0 Å². The standard InChI is InChI=1S/C18H19N3O/c1-20(2)16-7-3-14(4-8-16)13-21-12-11-19-18(21)15-5-9-17(22)10-6-15/h3-12,22H,13H2,1-2H3. The molecule has 3 aromatic rings. The number of nitrogens with zero attached hydrogens (tertiary/aromatic N) is 3. The highest BCUT2D eigenvalue weighted by atomic mass is 16.3. The zero-order valence-electron chi connectivity index (χ0n) is 12.8. The van der Waals surface area contributed by atoms with E-state index in [1.807, 2.05) is 32.4 Å². The van der Waals surface area contributed by atoms with Crippen LogP contribution in [0.15, 0.2) is 60.9 Å². The number of hydrogen-bond acceptors (Lipinski definition) is 3. The smallest absolute Gasteiger partial charge is 0.140 e. The van der Waals surface area contributed by atoms with E-state index in [1.54, 1.807) is 18.3 Å². The molecule has 0 spiro atoms. The Labute approximate surface area is 130 Å². The van der Waals surface area contributed by atoms with Crippen LogP contribution in [-0.4, -0.2) is 28.8 Å². The van der Waals surface area contributed by atoms with Gasteiger partial charge in [-0.25, -0.2) is 4.98 Å². The van der Waals surface area contributed by atoms with E-state index in [0.717, 1.165) is 17.9 Å². The first-order valence-electron chi connectivity index (χ1n) is 7.20. The van der Waals surface area contributed by atoms with E-state index in [1.165, 1.54) is 11.3 Å². The number of anilines is 1. The van der Waals surface area contributed by atoms with Crippen molar-refractivity contribution in [1.82, 2.24) is 9.55 Å². The maximum atomic E-state index is 9.40. The van der Waals surface area contributed by atoms with Crippen LogP contribution < -0.4 is 4.90 Å². The van der Waals surface area contributed by atoms with Gasteiger partial charge in [-0.3, -0.25) is 0 Å². The molecule has 1 N–H and O–H groups in total. The van der Waals surface area contributed by atoms with E-state index in [2.05, 4.69) is 38.7 Å². The second kappa shape index (κ2) is 5.93. The van der Waals surface area contributed by atoms with Crippen LogP contribution in [0.3, 0.4) is 0 Å². The van der Waals surface area contributed by atoms with Crippen molar-refractivity contribution in [2.45, 2.75) is 6.54 Å². The van der Waals surface area contributed by atoms with Crippen LogP contribution in [0, 0.1) is 0 Å². The molecule has 2 aromatic carbocycles. The zero-order chi connectivity index (χ0) is 15.5. The SMILES string of the molecule is CN(C)c1ccc(Cn2ccnc2-c2ccc(O)cc2)cc1. The van der Waals surface area contributed by atoms with Crippen LogP contribution in [0.25, 0.3) is 11.4 Å². The molecule has 3 rings (SSSR count). The third-order valence-electron chi connectivity index (χ3n) is 3.65. The van der Waals surface area contributed by atoms with Crippen LogP contribution in [0.2, 0.25) is 0 Å². The normalized spacial score (nSPS) is 10.6. The van der Waals surface area contributed by atoms with E-state index in [9.17, 15) is 5.11 Å². The minimum absolute atomic E-state index is 0.265. The van der Waals surface area contributed by atoms with Crippen molar-refractivity contribution in [3.05, 3.63) is 66.5 Å². The van der Waals surface area contributed by atoms with Gasteiger partial charge in [-0.2, -0.15) is 0 Å². The lowest BCUT2D eigenvalue weighted by atomic mass is 10.1. The molecule has 0 aliphatic rings. The molecule has 4 heteroatoms. The zero-order valence-corrected chi connectivity index (χ0v) is 12.8. The fourth-order valence-corrected chi connectivity index (χ4v) is 2.40. The number of benzene rings is 2. The molecule has 1 aromatic heterocycles. The number of rotatable bonds is 4. The van der Waals surface area contributed by atoms with Gasteiger partial charge < -0.3 is 14.6 Å². The summed E-state index contributed by atoms with van der Waals surface area (Å²) >= 11 is 0. The molecule has 1 heterocycles. The van der Waals surface area contributed by atoms with E-state index in [-0.39, 0.29) is 5.75 Å². The molecule has 0 saturated heterocycles. The molecule has 0 amide bonds. The summed E-state index contributed by atoms with van der Waals surface area (Å²) in [5.74, 6) is 1.16. The fraction of sp³-hybridized carbons (Fsp3) is 0.167. The van der Waals surface area contributed by atoms with Crippen molar-refractivity contribution >= 4 is 5.69 Å². The second-order valence-corrected chi connectivity index (χ2v) is 5.49. The Kier molecular flexibility index (Phi) is 3.83. The molecule has 22 heavy (non-hydrogen) atoms. The maximum Gasteiger partial charge on any atom is 0.140 e. The van der Waals surface area contributed by atoms with Crippen LogP contribution in [0.1, 0.15) is 5.56 Å². The minimum Gasteiger partial charge on any atom is -0.508 e. The van der Waals surface area contributed by atoms with Crippen molar-refractivity contribution in [2.24, 2.45) is 0 Å². The third kappa shape index (κ3) is 2.96. The van der Waals surface area contributed by atoms with Gasteiger partial charge in [0.2, 0.25) is 0 Å². The lowest BCUT2D eigenvalue weighted by Gasteiger charge is -2.13. The Hall–Kier alpha value is -2.75. The molecule has 0 atom stereocenters. The fourth-order valence-electron chi connectivity index (χ4n) is 2.40. The largest absolute Gasteiger partial charge is 0.508 e. The first-order chi connectivity index (χ1) is 10.6. The third-order valence-corrected chi connectivity index (χ3v) is 3.65. The lowest BCUT2D eigenvalue weighted by Crippen LogP contribution is -2.08. The van der Waals surface area contributed by atoms with Gasteiger partial charge in [-0.1, -0.05) is 12.1 Å². The maximum absolute atomic E-state index is 9.40. The van der Waals surface area contributed by atoms with Crippen molar-refractivity contribution < 1.29 is 5.11 Å².